The molecule has 0 unspecified atom stereocenters. The SMILES string of the molecule is Cc1ccc(S(=O)(=O)N[C@@H]2CNC(=O)c3[nH]c4ccccc4c3[C@H]2c2c[nH]c3ccccc23)nc1. The van der Waals surface area contributed by atoms with Crippen LogP contribution in [0.25, 0.3) is 21.8 Å². The molecular formula is C26H23N5O3S. The van der Waals surface area contributed by atoms with E-state index in [1.807, 2.05) is 61.7 Å². The molecule has 0 saturated carbocycles. The van der Waals surface area contributed by atoms with Gasteiger partial charge in [-0.3, -0.25) is 4.79 Å². The molecule has 1 amide bonds. The van der Waals surface area contributed by atoms with E-state index in [2.05, 4.69) is 25.0 Å². The minimum Gasteiger partial charge on any atom is -0.361 e. The summed E-state index contributed by atoms with van der Waals surface area (Å²) in [5.41, 5.74) is 4.75. The van der Waals surface area contributed by atoms with E-state index in [9.17, 15) is 13.2 Å². The number of sulfonamides is 1. The molecule has 5 aromatic rings. The normalized spacial score (nSPS) is 18.4. The molecule has 0 bridgehead atoms. The summed E-state index contributed by atoms with van der Waals surface area (Å²) in [7, 11) is -3.96. The largest absolute Gasteiger partial charge is 0.361 e. The first-order valence-corrected chi connectivity index (χ1v) is 12.8. The van der Waals surface area contributed by atoms with Gasteiger partial charge < -0.3 is 15.3 Å². The second kappa shape index (κ2) is 8.07. The number of para-hydroxylation sites is 2. The Bertz CT molecular complexity index is 1690. The lowest BCUT2D eigenvalue weighted by Gasteiger charge is -2.26. The highest BCUT2D eigenvalue weighted by atomic mass is 32.2. The molecule has 0 aliphatic carbocycles. The average molecular weight is 486 g/mol. The van der Waals surface area contributed by atoms with Gasteiger partial charge in [-0.25, -0.2) is 18.1 Å². The fourth-order valence-corrected chi connectivity index (χ4v) is 6.16. The molecule has 9 heteroatoms. The first kappa shape index (κ1) is 21.6. The van der Waals surface area contributed by atoms with Gasteiger partial charge in [0.2, 0.25) is 0 Å². The summed E-state index contributed by atoms with van der Waals surface area (Å²) in [4.78, 5) is 23.8. The third-order valence-electron chi connectivity index (χ3n) is 6.59. The molecule has 1 aliphatic rings. The van der Waals surface area contributed by atoms with E-state index in [1.54, 1.807) is 6.07 Å². The molecule has 4 N–H and O–H groups in total. The number of H-pyrrole nitrogens is 2. The van der Waals surface area contributed by atoms with E-state index in [-0.39, 0.29) is 17.5 Å². The van der Waals surface area contributed by atoms with E-state index in [1.165, 1.54) is 12.3 Å². The van der Waals surface area contributed by atoms with Crippen LogP contribution in [0.4, 0.5) is 0 Å². The number of nitrogens with one attached hydrogen (secondary N) is 4. The van der Waals surface area contributed by atoms with Crippen molar-refractivity contribution in [3.8, 4) is 0 Å². The molecule has 0 radical (unpaired) electrons. The van der Waals surface area contributed by atoms with Crippen LogP contribution in [0.3, 0.4) is 0 Å². The Hall–Kier alpha value is -3.95. The van der Waals surface area contributed by atoms with Gasteiger partial charge in [-0.15, -0.1) is 0 Å². The van der Waals surface area contributed by atoms with Crippen molar-refractivity contribution in [1.82, 2.24) is 25.0 Å². The topological polar surface area (TPSA) is 120 Å². The van der Waals surface area contributed by atoms with Crippen LogP contribution >= 0.6 is 0 Å². The van der Waals surface area contributed by atoms with Crippen LogP contribution in [-0.2, 0) is 10.0 Å². The molecule has 2 atom stereocenters. The van der Waals surface area contributed by atoms with E-state index in [0.717, 1.165) is 38.5 Å². The van der Waals surface area contributed by atoms with Gasteiger partial charge in [0.25, 0.3) is 15.9 Å². The standard InChI is InChI=1S/C26H23N5O3S/c1-15-10-11-22(28-12-15)35(33,34)31-21-14-29-26(32)25-24(17-7-3-5-9-20(17)30-25)23(21)18-13-27-19-8-4-2-6-16(18)19/h2-13,21,23,27,30-31H,14H2,1H3,(H,29,32)/t21-,23+/m1/s1. The second-order valence-electron chi connectivity index (χ2n) is 8.84. The maximum atomic E-state index is 13.4. The van der Waals surface area contributed by atoms with Crippen molar-refractivity contribution in [2.75, 3.05) is 6.54 Å². The van der Waals surface area contributed by atoms with Gasteiger partial charge in [-0.2, -0.15) is 0 Å². The van der Waals surface area contributed by atoms with Gasteiger partial charge in [0.05, 0.1) is 6.04 Å². The number of carbonyl (C=O) groups excluding carboxylic acids is 1. The Morgan fingerprint density at radius 2 is 1.71 bits per heavy atom. The lowest BCUT2D eigenvalue weighted by atomic mass is 9.84. The zero-order valence-electron chi connectivity index (χ0n) is 18.9. The van der Waals surface area contributed by atoms with Crippen molar-refractivity contribution >= 4 is 37.7 Å². The number of carbonyl (C=O) groups is 1. The van der Waals surface area contributed by atoms with Crippen LogP contribution in [0.5, 0.6) is 0 Å². The van der Waals surface area contributed by atoms with Crippen molar-refractivity contribution in [1.29, 1.82) is 0 Å². The minimum atomic E-state index is -3.96. The number of hydrogen-bond donors (Lipinski definition) is 4. The van der Waals surface area contributed by atoms with Crippen molar-refractivity contribution in [3.05, 3.63) is 95.4 Å². The van der Waals surface area contributed by atoms with Crippen LogP contribution in [0, 0.1) is 6.92 Å². The highest BCUT2D eigenvalue weighted by molar-refractivity contribution is 7.89. The lowest BCUT2D eigenvalue weighted by molar-refractivity contribution is 0.0950. The predicted octanol–water partition coefficient (Wildman–Crippen LogP) is 3.58. The molecular weight excluding hydrogens is 462 g/mol. The minimum absolute atomic E-state index is 0.0597. The van der Waals surface area contributed by atoms with Gasteiger partial charge >= 0.3 is 0 Å². The highest BCUT2D eigenvalue weighted by Gasteiger charge is 2.38. The van der Waals surface area contributed by atoms with Crippen molar-refractivity contribution in [3.63, 3.8) is 0 Å². The Labute approximate surface area is 201 Å². The molecule has 0 fully saturated rings. The number of aryl methyl sites for hydroxylation is 1. The molecule has 2 aromatic carbocycles. The van der Waals surface area contributed by atoms with Gasteiger partial charge in [0, 0.05) is 46.7 Å². The van der Waals surface area contributed by atoms with Crippen LogP contribution in [-0.4, -0.2) is 41.9 Å². The van der Waals surface area contributed by atoms with E-state index >= 15 is 0 Å². The van der Waals surface area contributed by atoms with Crippen molar-refractivity contribution in [2.45, 2.75) is 23.9 Å². The zero-order chi connectivity index (χ0) is 24.2. The fourth-order valence-electron chi connectivity index (χ4n) is 4.98. The van der Waals surface area contributed by atoms with Crippen LogP contribution in [0.1, 0.15) is 33.1 Å². The fraction of sp³-hybridized carbons (Fsp3) is 0.154. The van der Waals surface area contributed by atoms with E-state index in [0.29, 0.717) is 5.69 Å². The summed E-state index contributed by atoms with van der Waals surface area (Å²) in [6.07, 6.45) is 3.43. The number of benzene rings is 2. The number of hydrogen-bond acceptors (Lipinski definition) is 4. The van der Waals surface area contributed by atoms with Crippen LogP contribution < -0.4 is 10.0 Å². The Balaban J connectivity index is 1.56. The monoisotopic (exact) mass is 485 g/mol. The molecule has 4 heterocycles. The summed E-state index contributed by atoms with van der Waals surface area (Å²) in [5, 5.41) is 4.70. The van der Waals surface area contributed by atoms with Crippen LogP contribution in [0.2, 0.25) is 0 Å². The molecule has 8 nitrogen and oxygen atoms in total. The zero-order valence-corrected chi connectivity index (χ0v) is 19.7. The number of amides is 1. The Morgan fingerprint density at radius 3 is 2.49 bits per heavy atom. The number of aromatic amines is 2. The van der Waals surface area contributed by atoms with Crippen molar-refractivity contribution in [2.24, 2.45) is 0 Å². The number of nitrogens with zero attached hydrogens (tertiary/aromatic N) is 1. The second-order valence-corrected chi connectivity index (χ2v) is 10.5. The molecule has 0 saturated heterocycles. The summed E-state index contributed by atoms with van der Waals surface area (Å²) in [5.74, 6) is -0.715. The number of rotatable bonds is 4. The summed E-state index contributed by atoms with van der Waals surface area (Å²) in [6, 6.07) is 18.1. The first-order valence-electron chi connectivity index (χ1n) is 11.3. The predicted molar refractivity (Wildman–Crippen MR) is 134 cm³/mol. The Morgan fingerprint density at radius 1 is 0.971 bits per heavy atom. The first-order chi connectivity index (χ1) is 16.9. The molecule has 35 heavy (non-hydrogen) atoms. The smallest absolute Gasteiger partial charge is 0.268 e. The molecule has 0 spiro atoms. The van der Waals surface area contributed by atoms with Gasteiger partial charge in [0.15, 0.2) is 5.03 Å². The molecule has 1 aliphatic heterocycles. The Kier molecular flexibility index (Phi) is 4.98. The van der Waals surface area contributed by atoms with Gasteiger partial charge in [-0.1, -0.05) is 42.5 Å². The number of fused-ring (bicyclic) bond motifs is 4. The third kappa shape index (κ3) is 3.60. The summed E-state index contributed by atoms with van der Waals surface area (Å²) < 4.78 is 29.6. The molecule has 3 aromatic heterocycles. The molecule has 176 valence electrons. The summed E-state index contributed by atoms with van der Waals surface area (Å²) in [6.45, 7) is 1.97. The molecule has 6 rings (SSSR count). The third-order valence-corrected chi connectivity index (χ3v) is 8.00. The quantitative estimate of drug-likeness (QED) is 0.311. The van der Waals surface area contributed by atoms with E-state index < -0.39 is 22.0 Å². The number of aromatic nitrogens is 3. The van der Waals surface area contributed by atoms with Crippen LogP contribution in [0.15, 0.2) is 78.1 Å². The maximum absolute atomic E-state index is 13.4. The maximum Gasteiger partial charge on any atom is 0.268 e. The van der Waals surface area contributed by atoms with Gasteiger partial charge in [0.1, 0.15) is 5.69 Å². The van der Waals surface area contributed by atoms with Crippen molar-refractivity contribution < 1.29 is 13.2 Å². The summed E-state index contributed by atoms with van der Waals surface area (Å²) >= 11 is 0. The number of pyridine rings is 1. The average Bonchev–Trinajstić information content (AvgIpc) is 3.42. The van der Waals surface area contributed by atoms with Gasteiger partial charge in [-0.05, 0) is 41.8 Å². The van der Waals surface area contributed by atoms with E-state index in [4.69, 9.17) is 0 Å². The highest BCUT2D eigenvalue weighted by Crippen LogP contribution is 2.40. The lowest BCUT2D eigenvalue weighted by Crippen LogP contribution is -2.45.